The molecule has 0 radical (unpaired) electrons. The lowest BCUT2D eigenvalue weighted by atomic mass is 10.1. The predicted molar refractivity (Wildman–Crippen MR) is 129 cm³/mol. The topological polar surface area (TPSA) is 156 Å². The predicted octanol–water partition coefficient (Wildman–Crippen LogP) is 0.777. The highest BCUT2D eigenvalue weighted by molar-refractivity contribution is 7.26. The van der Waals surface area contributed by atoms with Gasteiger partial charge in [0.05, 0.1) is 24.9 Å². The molecule has 0 bridgehead atoms. The van der Waals surface area contributed by atoms with E-state index < -0.39 is 35.0 Å². The molecule has 0 spiro atoms. The molecule has 198 valence electrons. The summed E-state index contributed by atoms with van der Waals surface area (Å²) in [6.45, 7) is 2.31. The first kappa shape index (κ1) is 26.6. The molecule has 0 amide bonds. The molecular weight excluding hydrogens is 495 g/mol. The highest BCUT2D eigenvalue weighted by Gasteiger charge is 2.39. The van der Waals surface area contributed by atoms with Crippen LogP contribution in [-0.4, -0.2) is 57.2 Å². The maximum Gasteiger partial charge on any atom is 0.330 e. The van der Waals surface area contributed by atoms with Crippen LogP contribution in [0.1, 0.15) is 51.5 Å². The normalized spacial score (nSPS) is 28.4. The van der Waals surface area contributed by atoms with Crippen molar-refractivity contribution in [3.05, 3.63) is 66.2 Å². The summed E-state index contributed by atoms with van der Waals surface area (Å²) in [7, 11) is 1.25. The standard InChI is InChI=1S/C22H31N4O9P/c1-3-4-5-14-15(11-19(34-14)25-8-6-17(27)23-21(25)29)35-36-32-12-13-10-16(31-2)20(33-13)26-9-7-18(28)24-22(26)30/h6-9,13-16,19-20,36H,3-5,10-12H2,1-2H3,(H,23,27,29)(H,24,28,30)/t13?,14?,15-,16+,19?,20?/m0/s1. The average molecular weight is 526 g/mol. The minimum absolute atomic E-state index is 0.207. The van der Waals surface area contributed by atoms with Gasteiger partial charge in [0.2, 0.25) is 0 Å². The lowest BCUT2D eigenvalue weighted by Gasteiger charge is -2.19. The van der Waals surface area contributed by atoms with Gasteiger partial charge in [-0.2, -0.15) is 0 Å². The number of hydrogen-bond donors (Lipinski definition) is 2. The Labute approximate surface area is 207 Å². The van der Waals surface area contributed by atoms with Crippen molar-refractivity contribution in [2.24, 2.45) is 0 Å². The van der Waals surface area contributed by atoms with Crippen molar-refractivity contribution >= 4 is 9.03 Å². The van der Waals surface area contributed by atoms with Gasteiger partial charge >= 0.3 is 11.4 Å². The largest absolute Gasteiger partial charge is 0.377 e. The second-order valence-electron chi connectivity index (χ2n) is 8.75. The Balaban J connectivity index is 1.31. The SMILES string of the molecule is CCCCC1OC(n2ccc(=O)[nH]c2=O)C[C@@H]1OPOCC1C[C@@H](OC)C(n2ccc(=O)[nH]c2=O)O1. The average Bonchev–Trinajstić information content (AvgIpc) is 3.44. The van der Waals surface area contributed by atoms with Gasteiger partial charge in [-0.25, -0.2) is 9.59 Å². The Morgan fingerprint density at radius 1 is 1.00 bits per heavy atom. The Morgan fingerprint density at radius 2 is 1.69 bits per heavy atom. The van der Waals surface area contributed by atoms with Crippen LogP contribution in [0.15, 0.2) is 43.7 Å². The molecule has 2 fully saturated rings. The number of unbranched alkanes of at least 4 members (excludes halogenated alkanes) is 1. The van der Waals surface area contributed by atoms with Crippen LogP contribution in [0.5, 0.6) is 0 Å². The maximum atomic E-state index is 12.2. The van der Waals surface area contributed by atoms with Crippen molar-refractivity contribution in [2.75, 3.05) is 13.7 Å². The fourth-order valence-corrected chi connectivity index (χ4v) is 5.14. The zero-order valence-electron chi connectivity index (χ0n) is 20.1. The van der Waals surface area contributed by atoms with Crippen LogP contribution in [0.3, 0.4) is 0 Å². The first-order valence-corrected chi connectivity index (χ1v) is 12.7. The van der Waals surface area contributed by atoms with Crippen LogP contribution in [0.2, 0.25) is 0 Å². The Morgan fingerprint density at radius 3 is 2.33 bits per heavy atom. The molecule has 2 N–H and O–H groups in total. The summed E-state index contributed by atoms with van der Waals surface area (Å²) in [6.07, 6.45) is 4.04. The quantitative estimate of drug-likeness (QED) is 0.319. The first-order valence-electron chi connectivity index (χ1n) is 11.9. The van der Waals surface area contributed by atoms with E-state index in [-0.39, 0.29) is 40.1 Å². The zero-order chi connectivity index (χ0) is 25.7. The minimum atomic E-state index is -0.685. The van der Waals surface area contributed by atoms with E-state index in [4.69, 9.17) is 23.3 Å². The molecule has 2 saturated heterocycles. The van der Waals surface area contributed by atoms with Gasteiger partial charge in [-0.3, -0.25) is 28.7 Å². The second-order valence-corrected chi connectivity index (χ2v) is 9.44. The van der Waals surface area contributed by atoms with E-state index in [1.54, 1.807) is 0 Å². The summed E-state index contributed by atoms with van der Waals surface area (Å²) < 4.78 is 31.9. The molecule has 5 unspecified atom stereocenters. The summed E-state index contributed by atoms with van der Waals surface area (Å²) in [5.41, 5.74) is -2.04. The van der Waals surface area contributed by atoms with Crippen molar-refractivity contribution in [1.82, 2.24) is 19.1 Å². The van der Waals surface area contributed by atoms with E-state index >= 15 is 0 Å². The summed E-state index contributed by atoms with van der Waals surface area (Å²) in [6, 6.07) is 2.54. The molecule has 13 nitrogen and oxygen atoms in total. The van der Waals surface area contributed by atoms with Crippen molar-refractivity contribution in [3.8, 4) is 0 Å². The smallest absolute Gasteiger partial charge is 0.330 e. The zero-order valence-corrected chi connectivity index (χ0v) is 21.1. The number of rotatable bonds is 11. The van der Waals surface area contributed by atoms with Crippen LogP contribution in [-0.2, 0) is 23.3 Å². The molecule has 7 atom stereocenters. The number of aromatic amines is 2. The summed E-state index contributed by atoms with van der Waals surface area (Å²) in [5, 5.41) is 0. The van der Waals surface area contributed by atoms with Gasteiger partial charge in [-0.15, -0.1) is 0 Å². The molecule has 2 aromatic rings. The Kier molecular flexibility index (Phi) is 9.04. The monoisotopic (exact) mass is 526 g/mol. The summed E-state index contributed by atoms with van der Waals surface area (Å²) >= 11 is 0. The van der Waals surface area contributed by atoms with E-state index in [1.807, 2.05) is 0 Å². The number of methoxy groups -OCH3 is 1. The van der Waals surface area contributed by atoms with Gasteiger partial charge in [0.1, 0.15) is 12.3 Å². The summed E-state index contributed by atoms with van der Waals surface area (Å²) in [4.78, 5) is 51.5. The summed E-state index contributed by atoms with van der Waals surface area (Å²) in [5.74, 6) is 0. The lowest BCUT2D eigenvalue weighted by Crippen LogP contribution is -2.35. The number of hydrogen-bond acceptors (Lipinski definition) is 9. The van der Waals surface area contributed by atoms with E-state index in [2.05, 4.69) is 16.9 Å². The van der Waals surface area contributed by atoms with Gasteiger partial charge in [-0.05, 0) is 6.42 Å². The third-order valence-electron chi connectivity index (χ3n) is 6.28. The van der Waals surface area contributed by atoms with Crippen LogP contribution >= 0.6 is 9.03 Å². The number of nitrogens with zero attached hydrogens (tertiary/aromatic N) is 2. The molecule has 0 saturated carbocycles. The van der Waals surface area contributed by atoms with Gasteiger partial charge in [0.15, 0.2) is 15.3 Å². The third-order valence-corrected chi connectivity index (χ3v) is 6.97. The van der Waals surface area contributed by atoms with E-state index in [0.717, 1.165) is 19.3 Å². The van der Waals surface area contributed by atoms with Crippen LogP contribution in [0.25, 0.3) is 0 Å². The Hall–Kier alpha value is -2.41. The van der Waals surface area contributed by atoms with E-state index in [1.165, 1.54) is 40.8 Å². The maximum absolute atomic E-state index is 12.2. The van der Waals surface area contributed by atoms with Gasteiger partial charge in [0, 0.05) is 44.5 Å². The van der Waals surface area contributed by atoms with Crippen LogP contribution in [0.4, 0.5) is 0 Å². The van der Waals surface area contributed by atoms with Crippen LogP contribution in [0, 0.1) is 0 Å². The highest BCUT2D eigenvalue weighted by atomic mass is 31.1. The fraction of sp³-hybridized carbons (Fsp3) is 0.636. The van der Waals surface area contributed by atoms with Crippen LogP contribution < -0.4 is 22.5 Å². The molecule has 4 heterocycles. The second kappa shape index (κ2) is 12.2. The Bertz CT molecular complexity index is 1240. The third kappa shape index (κ3) is 6.28. The van der Waals surface area contributed by atoms with E-state index in [9.17, 15) is 19.2 Å². The molecular formula is C22H31N4O9P. The number of ether oxygens (including phenoxy) is 3. The molecule has 0 aliphatic carbocycles. The van der Waals surface area contributed by atoms with Gasteiger partial charge < -0.3 is 23.3 Å². The number of H-pyrrole nitrogens is 2. The fourth-order valence-electron chi connectivity index (χ4n) is 4.44. The van der Waals surface area contributed by atoms with Gasteiger partial charge in [-0.1, -0.05) is 19.8 Å². The molecule has 2 aromatic heterocycles. The highest BCUT2D eigenvalue weighted by Crippen LogP contribution is 2.37. The number of aromatic nitrogens is 4. The van der Waals surface area contributed by atoms with Crippen molar-refractivity contribution in [3.63, 3.8) is 0 Å². The molecule has 4 rings (SSSR count). The molecule has 2 aliphatic rings. The molecule has 14 heteroatoms. The van der Waals surface area contributed by atoms with E-state index in [0.29, 0.717) is 12.8 Å². The van der Waals surface area contributed by atoms with Gasteiger partial charge in [0.25, 0.3) is 11.1 Å². The molecule has 2 aliphatic heterocycles. The lowest BCUT2D eigenvalue weighted by molar-refractivity contribution is -0.0606. The number of nitrogens with one attached hydrogen (secondary N) is 2. The van der Waals surface area contributed by atoms with Crippen molar-refractivity contribution < 1.29 is 23.3 Å². The first-order chi connectivity index (χ1) is 17.4. The molecule has 0 aromatic carbocycles. The molecule has 36 heavy (non-hydrogen) atoms. The minimum Gasteiger partial charge on any atom is -0.377 e. The van der Waals surface area contributed by atoms with Crippen molar-refractivity contribution in [1.29, 1.82) is 0 Å². The van der Waals surface area contributed by atoms with Crippen molar-refractivity contribution in [2.45, 2.75) is 75.9 Å².